The molecule has 1 saturated carbocycles. The second kappa shape index (κ2) is 8.39. The number of likely N-dealkylation sites (tertiary alicyclic amines) is 1. The minimum Gasteiger partial charge on any atom is -0.440 e. The van der Waals surface area contributed by atoms with E-state index in [0.29, 0.717) is 16.3 Å². The van der Waals surface area contributed by atoms with E-state index < -0.39 is 0 Å². The molecule has 2 saturated heterocycles. The Morgan fingerprint density at radius 3 is 2.64 bits per heavy atom. The summed E-state index contributed by atoms with van der Waals surface area (Å²) in [5.41, 5.74) is 1.92. The van der Waals surface area contributed by atoms with Crippen LogP contribution in [0.1, 0.15) is 43.9 Å². The van der Waals surface area contributed by atoms with E-state index in [2.05, 4.69) is 15.2 Å². The molecule has 1 aromatic heterocycles. The summed E-state index contributed by atoms with van der Waals surface area (Å²) in [6.45, 7) is 3.75. The van der Waals surface area contributed by atoms with Crippen LogP contribution in [-0.4, -0.2) is 42.0 Å². The van der Waals surface area contributed by atoms with Gasteiger partial charge in [-0.2, -0.15) is 0 Å². The van der Waals surface area contributed by atoms with E-state index in [9.17, 15) is 4.79 Å². The third-order valence-corrected chi connectivity index (χ3v) is 6.84. The summed E-state index contributed by atoms with van der Waals surface area (Å²) in [7, 11) is 0. The molecule has 5 rings (SSSR count). The lowest BCUT2D eigenvalue weighted by Gasteiger charge is -2.32. The molecule has 0 bridgehead atoms. The Hall–Kier alpha value is -1.01. The van der Waals surface area contributed by atoms with Crippen LogP contribution in [0.25, 0.3) is 11.1 Å². The van der Waals surface area contributed by atoms with Gasteiger partial charge >= 0.3 is 0 Å². The van der Waals surface area contributed by atoms with Crippen molar-refractivity contribution in [2.45, 2.75) is 38.0 Å². The lowest BCUT2D eigenvalue weighted by atomic mass is 9.91. The maximum atomic E-state index is 12.9. The van der Waals surface area contributed by atoms with Gasteiger partial charge in [0.25, 0.3) is 0 Å². The maximum absolute atomic E-state index is 12.9. The number of nitrogens with zero attached hydrogens (tertiary/aromatic N) is 2. The second-order valence-corrected chi connectivity index (χ2v) is 8.57. The minimum absolute atomic E-state index is 0. The monoisotopic (exact) mass is 445 g/mol. The predicted molar refractivity (Wildman–Crippen MR) is 115 cm³/mol. The SMILES string of the molecule is Cl.Cl.O=C(C1CC12CCNCC2)N1CCC(c2nc3cc(Cl)ccc3o2)CC1. The van der Waals surface area contributed by atoms with Crippen molar-refractivity contribution in [2.24, 2.45) is 11.3 Å². The normalized spacial score (nSPS) is 23.9. The van der Waals surface area contributed by atoms with Crippen LogP contribution in [-0.2, 0) is 4.79 Å². The van der Waals surface area contributed by atoms with Crippen molar-refractivity contribution in [3.63, 3.8) is 0 Å². The van der Waals surface area contributed by atoms with Gasteiger partial charge in [-0.15, -0.1) is 24.8 Å². The van der Waals surface area contributed by atoms with Crippen molar-refractivity contribution in [2.75, 3.05) is 26.2 Å². The number of piperidine rings is 2. The molecule has 28 heavy (non-hydrogen) atoms. The third-order valence-electron chi connectivity index (χ3n) is 6.61. The summed E-state index contributed by atoms with van der Waals surface area (Å²) in [4.78, 5) is 19.6. The highest BCUT2D eigenvalue weighted by atomic mass is 35.5. The number of nitrogens with one attached hydrogen (secondary N) is 1. The first kappa shape index (κ1) is 21.7. The van der Waals surface area contributed by atoms with Crippen LogP contribution >= 0.6 is 36.4 Å². The van der Waals surface area contributed by atoms with Gasteiger partial charge in [0.1, 0.15) is 5.52 Å². The van der Waals surface area contributed by atoms with E-state index in [0.717, 1.165) is 75.3 Å². The highest BCUT2D eigenvalue weighted by Gasteiger charge is 2.58. The van der Waals surface area contributed by atoms with Gasteiger partial charge in [0, 0.05) is 29.9 Å². The van der Waals surface area contributed by atoms with Crippen molar-refractivity contribution in [3.8, 4) is 0 Å². The molecule has 1 aliphatic carbocycles. The number of benzene rings is 1. The molecule has 3 fully saturated rings. The van der Waals surface area contributed by atoms with Crippen LogP contribution in [0.4, 0.5) is 0 Å². The Morgan fingerprint density at radius 2 is 1.93 bits per heavy atom. The van der Waals surface area contributed by atoms with Gasteiger partial charge in [0.2, 0.25) is 5.91 Å². The average Bonchev–Trinajstić information content (AvgIpc) is 3.18. The van der Waals surface area contributed by atoms with Gasteiger partial charge in [-0.3, -0.25) is 4.79 Å². The summed E-state index contributed by atoms with van der Waals surface area (Å²) >= 11 is 6.04. The standard InChI is InChI=1S/C20H24ClN3O2.2ClH/c21-14-1-2-17-16(11-14)23-18(26-17)13-3-9-24(10-4-13)19(25)15-12-20(15)5-7-22-8-6-20;;/h1-2,11,13,15,22H,3-10,12H2;2*1H. The molecule has 154 valence electrons. The predicted octanol–water partition coefficient (Wildman–Crippen LogP) is 4.42. The fourth-order valence-electron chi connectivity index (χ4n) is 4.83. The molecule has 8 heteroatoms. The van der Waals surface area contributed by atoms with Gasteiger partial charge in [-0.25, -0.2) is 4.98 Å². The summed E-state index contributed by atoms with van der Waals surface area (Å²) in [5.74, 6) is 1.73. The van der Waals surface area contributed by atoms with Gasteiger partial charge in [-0.05, 0) is 68.8 Å². The van der Waals surface area contributed by atoms with E-state index in [-0.39, 0.29) is 36.6 Å². The number of carbonyl (C=O) groups is 1. The van der Waals surface area contributed by atoms with Crippen molar-refractivity contribution in [1.82, 2.24) is 15.2 Å². The molecule has 1 spiro atoms. The quantitative estimate of drug-likeness (QED) is 0.742. The summed E-state index contributed by atoms with van der Waals surface area (Å²) in [5, 5.41) is 4.08. The number of hydrogen-bond acceptors (Lipinski definition) is 4. The maximum Gasteiger partial charge on any atom is 0.226 e. The highest BCUT2D eigenvalue weighted by molar-refractivity contribution is 6.31. The van der Waals surface area contributed by atoms with E-state index in [4.69, 9.17) is 16.0 Å². The Kier molecular flexibility index (Phi) is 6.50. The Morgan fingerprint density at radius 1 is 1.21 bits per heavy atom. The number of oxazole rings is 1. The zero-order valence-electron chi connectivity index (χ0n) is 15.7. The molecule has 1 unspecified atom stereocenters. The van der Waals surface area contributed by atoms with Crippen LogP contribution in [0.2, 0.25) is 5.02 Å². The zero-order chi connectivity index (χ0) is 17.7. The molecule has 2 aliphatic heterocycles. The van der Waals surface area contributed by atoms with Gasteiger partial charge < -0.3 is 14.6 Å². The van der Waals surface area contributed by atoms with Gasteiger partial charge in [-0.1, -0.05) is 11.6 Å². The van der Waals surface area contributed by atoms with E-state index in [1.165, 1.54) is 0 Å². The zero-order valence-corrected chi connectivity index (χ0v) is 18.0. The van der Waals surface area contributed by atoms with Crippen molar-refractivity contribution in [3.05, 3.63) is 29.1 Å². The number of halogens is 3. The van der Waals surface area contributed by atoms with Crippen LogP contribution in [0.3, 0.4) is 0 Å². The van der Waals surface area contributed by atoms with E-state index >= 15 is 0 Å². The number of rotatable bonds is 2. The molecular formula is C20H26Cl3N3O2. The first-order valence-electron chi connectivity index (χ1n) is 9.70. The lowest BCUT2D eigenvalue weighted by Crippen LogP contribution is -2.40. The number of amides is 1. The smallest absolute Gasteiger partial charge is 0.226 e. The van der Waals surface area contributed by atoms with Gasteiger partial charge in [0.15, 0.2) is 11.5 Å². The van der Waals surface area contributed by atoms with E-state index in [1.54, 1.807) is 0 Å². The number of hydrogen-bond donors (Lipinski definition) is 1. The fraction of sp³-hybridized carbons (Fsp3) is 0.600. The van der Waals surface area contributed by atoms with E-state index in [1.807, 2.05) is 18.2 Å². The molecule has 5 nitrogen and oxygen atoms in total. The second-order valence-electron chi connectivity index (χ2n) is 8.13. The average molecular weight is 447 g/mol. The number of aromatic nitrogens is 1. The molecule has 1 N–H and O–H groups in total. The topological polar surface area (TPSA) is 58.4 Å². The number of fused-ring (bicyclic) bond motifs is 1. The fourth-order valence-corrected chi connectivity index (χ4v) is 5.00. The molecule has 3 aliphatic rings. The number of carbonyl (C=O) groups excluding carboxylic acids is 1. The molecule has 3 heterocycles. The highest BCUT2D eigenvalue weighted by Crippen LogP contribution is 2.59. The lowest BCUT2D eigenvalue weighted by molar-refractivity contribution is -0.134. The summed E-state index contributed by atoms with van der Waals surface area (Å²) in [6.07, 6.45) is 5.26. The third kappa shape index (κ3) is 3.87. The van der Waals surface area contributed by atoms with Gasteiger partial charge in [0.05, 0.1) is 0 Å². The Labute approximate surface area is 182 Å². The van der Waals surface area contributed by atoms with Crippen molar-refractivity contribution < 1.29 is 9.21 Å². The van der Waals surface area contributed by atoms with Crippen LogP contribution in [0, 0.1) is 11.3 Å². The van der Waals surface area contributed by atoms with Crippen LogP contribution < -0.4 is 5.32 Å². The minimum atomic E-state index is 0. The molecule has 1 atom stereocenters. The molecule has 1 amide bonds. The molecular weight excluding hydrogens is 421 g/mol. The first-order chi connectivity index (χ1) is 12.6. The molecule has 1 aromatic carbocycles. The summed E-state index contributed by atoms with van der Waals surface area (Å²) in [6, 6.07) is 5.54. The van der Waals surface area contributed by atoms with Crippen molar-refractivity contribution >= 4 is 53.4 Å². The first-order valence-corrected chi connectivity index (χ1v) is 10.1. The molecule has 2 aromatic rings. The van der Waals surface area contributed by atoms with Crippen LogP contribution in [0.5, 0.6) is 0 Å². The Balaban J connectivity index is 0.00000112. The van der Waals surface area contributed by atoms with Crippen LogP contribution in [0.15, 0.2) is 22.6 Å². The van der Waals surface area contributed by atoms with Crippen molar-refractivity contribution in [1.29, 1.82) is 0 Å². The summed E-state index contributed by atoms with van der Waals surface area (Å²) < 4.78 is 5.93. The largest absolute Gasteiger partial charge is 0.440 e. The Bertz CT molecular complexity index is 842. The molecule has 0 radical (unpaired) electrons.